The molecular weight excluding hydrogens is 281 g/mol. The summed E-state index contributed by atoms with van der Waals surface area (Å²) in [6.07, 6.45) is 4.90. The summed E-state index contributed by atoms with van der Waals surface area (Å²) in [5, 5.41) is 14.5. The van der Waals surface area contributed by atoms with Crippen LogP contribution in [0.25, 0.3) is 10.7 Å². The molecule has 5 nitrogen and oxygen atoms in total. The van der Waals surface area contributed by atoms with Crippen molar-refractivity contribution in [1.29, 1.82) is 0 Å². The number of hydrogen-bond donors (Lipinski definition) is 1. The van der Waals surface area contributed by atoms with Crippen LogP contribution in [0.15, 0.2) is 17.8 Å². The molecule has 1 aliphatic heterocycles. The zero-order valence-corrected chi connectivity index (χ0v) is 11.4. The summed E-state index contributed by atoms with van der Waals surface area (Å²) in [4.78, 5) is 4.21. The Morgan fingerprint density at radius 3 is 2.94 bits per heavy atom. The van der Waals surface area contributed by atoms with Crippen LogP contribution in [0.4, 0.5) is 0 Å². The predicted octanol–water partition coefficient (Wildman–Crippen LogP) is 1.78. The van der Waals surface area contributed by atoms with Crippen molar-refractivity contribution < 1.29 is 0 Å². The topological polar surface area (TPSA) is 55.6 Å². The van der Waals surface area contributed by atoms with Crippen LogP contribution in [0, 0.1) is 0 Å². The molecule has 0 amide bonds. The predicted molar refractivity (Wildman–Crippen MR) is 72.1 cm³/mol. The summed E-state index contributed by atoms with van der Waals surface area (Å²) in [6.45, 7) is 2.05. The fourth-order valence-electron chi connectivity index (χ4n) is 1.77. The minimum absolute atomic E-state index is 0. The van der Waals surface area contributed by atoms with Crippen LogP contribution in [-0.4, -0.2) is 33.1 Å². The lowest BCUT2D eigenvalue weighted by molar-refractivity contribution is 0.476. The molecule has 1 atom stereocenters. The third-order valence-electron chi connectivity index (χ3n) is 2.57. The molecule has 1 saturated heterocycles. The number of thiazole rings is 1. The lowest BCUT2D eigenvalue weighted by Gasteiger charge is -2.05. The first kappa shape index (κ1) is 14.4. The first-order valence-corrected chi connectivity index (χ1v) is 5.84. The number of nitrogens with one attached hydrogen (secondary N) is 1. The van der Waals surface area contributed by atoms with Gasteiger partial charge in [0.1, 0.15) is 10.7 Å². The molecule has 8 heteroatoms. The minimum atomic E-state index is 0. The van der Waals surface area contributed by atoms with Crippen LogP contribution < -0.4 is 5.32 Å². The van der Waals surface area contributed by atoms with Crippen molar-refractivity contribution in [1.82, 2.24) is 25.3 Å². The van der Waals surface area contributed by atoms with E-state index in [4.69, 9.17) is 0 Å². The van der Waals surface area contributed by atoms with Crippen LogP contribution in [0.1, 0.15) is 12.5 Å². The van der Waals surface area contributed by atoms with Crippen LogP contribution in [0.3, 0.4) is 0 Å². The minimum Gasteiger partial charge on any atom is -0.315 e. The largest absolute Gasteiger partial charge is 0.315 e. The SMILES string of the molecule is Cl.Cl.c1csc(-c2cn(C3CCNC3)nn2)n1. The van der Waals surface area contributed by atoms with Crippen molar-refractivity contribution in [3.8, 4) is 10.7 Å². The van der Waals surface area contributed by atoms with E-state index in [1.54, 1.807) is 17.5 Å². The van der Waals surface area contributed by atoms with Gasteiger partial charge in [-0.1, -0.05) is 5.21 Å². The Balaban J connectivity index is 0.000000722. The molecule has 1 fully saturated rings. The van der Waals surface area contributed by atoms with E-state index in [0.29, 0.717) is 6.04 Å². The van der Waals surface area contributed by atoms with Crippen LogP contribution in [-0.2, 0) is 0 Å². The van der Waals surface area contributed by atoms with Gasteiger partial charge in [0, 0.05) is 18.1 Å². The van der Waals surface area contributed by atoms with Gasteiger partial charge in [-0.3, -0.25) is 0 Å². The Labute approximate surface area is 115 Å². The summed E-state index contributed by atoms with van der Waals surface area (Å²) in [6, 6.07) is 0.450. The number of rotatable bonds is 2. The zero-order valence-electron chi connectivity index (χ0n) is 8.94. The van der Waals surface area contributed by atoms with Crippen LogP contribution >= 0.6 is 36.2 Å². The van der Waals surface area contributed by atoms with E-state index >= 15 is 0 Å². The highest BCUT2D eigenvalue weighted by Crippen LogP contribution is 2.21. The highest BCUT2D eigenvalue weighted by Gasteiger charge is 2.18. The molecular formula is C9H13Cl2N5S. The Morgan fingerprint density at radius 2 is 2.29 bits per heavy atom. The molecule has 2 aromatic heterocycles. The Bertz CT molecular complexity index is 438. The smallest absolute Gasteiger partial charge is 0.145 e. The highest BCUT2D eigenvalue weighted by molar-refractivity contribution is 7.13. The molecule has 17 heavy (non-hydrogen) atoms. The first-order valence-electron chi connectivity index (χ1n) is 4.96. The maximum Gasteiger partial charge on any atom is 0.145 e. The van der Waals surface area contributed by atoms with Crippen molar-refractivity contribution in [2.75, 3.05) is 13.1 Å². The van der Waals surface area contributed by atoms with Gasteiger partial charge in [0.2, 0.25) is 0 Å². The third-order valence-corrected chi connectivity index (χ3v) is 3.37. The molecule has 0 aromatic carbocycles. The third kappa shape index (κ3) is 2.95. The van der Waals surface area contributed by atoms with Gasteiger partial charge < -0.3 is 5.32 Å². The molecule has 0 radical (unpaired) electrons. The van der Waals surface area contributed by atoms with Crippen LogP contribution in [0.5, 0.6) is 0 Å². The summed E-state index contributed by atoms with van der Waals surface area (Å²) in [5.74, 6) is 0. The van der Waals surface area contributed by atoms with Crippen LogP contribution in [0.2, 0.25) is 0 Å². The Kier molecular flexibility index (Phi) is 5.32. The lowest BCUT2D eigenvalue weighted by atomic mass is 10.3. The molecule has 1 N–H and O–H groups in total. The maximum absolute atomic E-state index is 4.21. The fourth-order valence-corrected chi connectivity index (χ4v) is 2.35. The molecule has 3 heterocycles. The average Bonchev–Trinajstić information content (AvgIpc) is 3.02. The van der Waals surface area contributed by atoms with Gasteiger partial charge in [-0.05, 0) is 13.0 Å². The number of aromatic nitrogens is 4. The summed E-state index contributed by atoms with van der Waals surface area (Å²) < 4.78 is 1.94. The molecule has 0 spiro atoms. The quantitative estimate of drug-likeness (QED) is 0.917. The van der Waals surface area contributed by atoms with Gasteiger partial charge in [-0.25, -0.2) is 9.67 Å². The molecule has 1 unspecified atom stereocenters. The Morgan fingerprint density at radius 1 is 1.41 bits per heavy atom. The first-order chi connectivity index (χ1) is 7.43. The molecule has 0 bridgehead atoms. The second-order valence-corrected chi connectivity index (χ2v) is 4.46. The fraction of sp³-hybridized carbons (Fsp3) is 0.444. The number of hydrogen-bond acceptors (Lipinski definition) is 5. The summed E-state index contributed by atoms with van der Waals surface area (Å²) in [7, 11) is 0. The molecule has 1 aliphatic rings. The normalized spacial score (nSPS) is 18.5. The van der Waals surface area contributed by atoms with Gasteiger partial charge >= 0.3 is 0 Å². The molecule has 0 saturated carbocycles. The monoisotopic (exact) mass is 293 g/mol. The van der Waals surface area contributed by atoms with E-state index in [-0.39, 0.29) is 24.8 Å². The maximum atomic E-state index is 4.21. The molecule has 2 aromatic rings. The van der Waals surface area contributed by atoms with Crippen molar-refractivity contribution in [3.05, 3.63) is 17.8 Å². The molecule has 3 rings (SSSR count). The van der Waals surface area contributed by atoms with Gasteiger partial charge in [-0.15, -0.1) is 41.2 Å². The van der Waals surface area contributed by atoms with Crippen molar-refractivity contribution in [3.63, 3.8) is 0 Å². The second-order valence-electron chi connectivity index (χ2n) is 3.57. The standard InChI is InChI=1S/C9H11N5S.2ClH/c1-2-10-5-7(1)14-6-8(12-13-14)9-11-3-4-15-9;;/h3-4,6-7,10H,1-2,5H2;2*1H. The summed E-state index contributed by atoms with van der Waals surface area (Å²) >= 11 is 1.59. The Hall–Kier alpha value is -0.690. The second kappa shape index (κ2) is 6.30. The number of halogens is 2. The van der Waals surface area contributed by atoms with Gasteiger partial charge in [0.25, 0.3) is 0 Å². The van der Waals surface area contributed by atoms with Crippen molar-refractivity contribution >= 4 is 36.2 Å². The molecule has 0 aliphatic carbocycles. The van der Waals surface area contributed by atoms with Crippen molar-refractivity contribution in [2.24, 2.45) is 0 Å². The van der Waals surface area contributed by atoms with E-state index in [0.717, 1.165) is 30.2 Å². The van der Waals surface area contributed by atoms with Gasteiger partial charge in [-0.2, -0.15) is 0 Å². The average molecular weight is 294 g/mol. The van der Waals surface area contributed by atoms with E-state index < -0.39 is 0 Å². The van der Waals surface area contributed by atoms with Gasteiger partial charge in [0.05, 0.1) is 12.2 Å². The van der Waals surface area contributed by atoms with E-state index in [9.17, 15) is 0 Å². The van der Waals surface area contributed by atoms with E-state index in [2.05, 4.69) is 20.6 Å². The van der Waals surface area contributed by atoms with Gasteiger partial charge in [0.15, 0.2) is 0 Å². The van der Waals surface area contributed by atoms with Crippen molar-refractivity contribution in [2.45, 2.75) is 12.5 Å². The summed E-state index contributed by atoms with van der Waals surface area (Å²) in [5.41, 5.74) is 0.872. The van der Waals surface area contributed by atoms with E-state index in [1.807, 2.05) is 16.3 Å². The lowest BCUT2D eigenvalue weighted by Crippen LogP contribution is -2.13. The van der Waals surface area contributed by atoms with E-state index in [1.165, 1.54) is 0 Å². The highest BCUT2D eigenvalue weighted by atomic mass is 35.5. The molecule has 94 valence electrons. The zero-order chi connectivity index (χ0) is 10.1. The number of nitrogens with zero attached hydrogens (tertiary/aromatic N) is 4.